The van der Waals surface area contributed by atoms with Gasteiger partial charge in [-0.3, -0.25) is 9.59 Å². The zero-order valence-corrected chi connectivity index (χ0v) is 20.0. The molecule has 7 heteroatoms. The molecule has 1 N–H and O–H groups in total. The molecule has 0 bridgehead atoms. The van der Waals surface area contributed by atoms with Crippen LogP contribution >= 0.6 is 11.6 Å². The predicted octanol–water partition coefficient (Wildman–Crippen LogP) is 4.67. The first-order valence-electron chi connectivity index (χ1n) is 11.0. The minimum Gasteiger partial charge on any atom is -0.484 e. The lowest BCUT2D eigenvalue weighted by atomic mass is 10.1. The third kappa shape index (κ3) is 6.39. The van der Waals surface area contributed by atoms with Gasteiger partial charge < -0.3 is 19.9 Å². The molecule has 32 heavy (non-hydrogen) atoms. The number of hydrogen-bond acceptors (Lipinski definition) is 4. The van der Waals surface area contributed by atoms with Gasteiger partial charge in [-0.25, -0.2) is 0 Å². The van der Waals surface area contributed by atoms with Gasteiger partial charge in [-0.15, -0.1) is 0 Å². The van der Waals surface area contributed by atoms with E-state index in [-0.39, 0.29) is 18.4 Å². The zero-order chi connectivity index (χ0) is 23.3. The molecular weight excluding hydrogens is 426 g/mol. The van der Waals surface area contributed by atoms with E-state index in [9.17, 15) is 9.59 Å². The van der Waals surface area contributed by atoms with Crippen molar-refractivity contribution < 1.29 is 14.3 Å². The molecule has 1 aliphatic rings. The highest BCUT2D eigenvalue weighted by Gasteiger charge is 2.23. The van der Waals surface area contributed by atoms with Crippen LogP contribution in [0.3, 0.4) is 0 Å². The van der Waals surface area contributed by atoms with E-state index in [1.54, 1.807) is 6.07 Å². The van der Waals surface area contributed by atoms with Crippen LogP contribution in [0.1, 0.15) is 31.4 Å². The lowest BCUT2D eigenvalue weighted by Crippen LogP contribution is -2.49. The standard InChI is InChI=1S/C25H32ClN3O3/c1-17(2)13-25(31)29-11-9-28(10-12-29)23-8-6-20(15-22(23)26)27-24(30)16-32-21-7-5-18(3)19(4)14-21/h5-8,14-15,17H,9-13,16H2,1-4H3,(H,27,30). The van der Waals surface area contributed by atoms with Crippen molar-refractivity contribution >= 4 is 34.8 Å². The maximum atomic E-state index is 12.3. The minimum absolute atomic E-state index is 0.0752. The van der Waals surface area contributed by atoms with Crippen LogP contribution in [0.25, 0.3) is 0 Å². The van der Waals surface area contributed by atoms with Crippen LogP contribution in [0, 0.1) is 19.8 Å². The molecule has 6 nitrogen and oxygen atoms in total. The van der Waals surface area contributed by atoms with Crippen molar-refractivity contribution in [1.29, 1.82) is 0 Å². The van der Waals surface area contributed by atoms with Gasteiger partial charge in [-0.05, 0) is 61.2 Å². The van der Waals surface area contributed by atoms with E-state index in [1.807, 2.05) is 49.1 Å². The van der Waals surface area contributed by atoms with Crippen molar-refractivity contribution in [3.05, 3.63) is 52.5 Å². The van der Waals surface area contributed by atoms with Gasteiger partial charge in [-0.1, -0.05) is 31.5 Å². The van der Waals surface area contributed by atoms with E-state index in [0.717, 1.165) is 24.3 Å². The van der Waals surface area contributed by atoms with Gasteiger partial charge in [0.15, 0.2) is 6.61 Å². The summed E-state index contributed by atoms with van der Waals surface area (Å²) in [5.41, 5.74) is 3.83. The zero-order valence-electron chi connectivity index (χ0n) is 19.3. The molecule has 0 atom stereocenters. The highest BCUT2D eigenvalue weighted by molar-refractivity contribution is 6.33. The number of carbonyl (C=O) groups excluding carboxylic acids is 2. The Morgan fingerprint density at radius 3 is 2.38 bits per heavy atom. The minimum atomic E-state index is -0.246. The van der Waals surface area contributed by atoms with Gasteiger partial charge in [0.05, 0.1) is 10.7 Å². The van der Waals surface area contributed by atoms with Gasteiger partial charge in [0.25, 0.3) is 5.91 Å². The Bertz CT molecular complexity index is 969. The molecule has 2 amide bonds. The van der Waals surface area contributed by atoms with Crippen LogP contribution in [0.5, 0.6) is 5.75 Å². The Labute approximate surface area is 195 Å². The summed E-state index contributed by atoms with van der Waals surface area (Å²) < 4.78 is 5.59. The maximum Gasteiger partial charge on any atom is 0.262 e. The highest BCUT2D eigenvalue weighted by Crippen LogP contribution is 2.30. The van der Waals surface area contributed by atoms with Crippen molar-refractivity contribution in [3.63, 3.8) is 0 Å². The molecule has 0 spiro atoms. The van der Waals surface area contributed by atoms with E-state index in [2.05, 4.69) is 24.1 Å². The average molecular weight is 458 g/mol. The van der Waals surface area contributed by atoms with Gasteiger partial charge in [0.2, 0.25) is 5.91 Å². The number of benzene rings is 2. The molecule has 2 aromatic carbocycles. The molecule has 1 saturated heterocycles. The number of nitrogens with zero attached hydrogens (tertiary/aromatic N) is 2. The van der Waals surface area contributed by atoms with Crippen molar-refractivity contribution in [3.8, 4) is 5.75 Å². The van der Waals surface area contributed by atoms with E-state index in [1.165, 1.54) is 5.56 Å². The summed E-state index contributed by atoms with van der Waals surface area (Å²) in [6, 6.07) is 11.3. The van der Waals surface area contributed by atoms with Crippen LogP contribution in [0.15, 0.2) is 36.4 Å². The van der Waals surface area contributed by atoms with Crippen molar-refractivity contribution in [2.24, 2.45) is 5.92 Å². The Morgan fingerprint density at radius 2 is 1.75 bits per heavy atom. The predicted molar refractivity (Wildman–Crippen MR) is 130 cm³/mol. The molecule has 172 valence electrons. The highest BCUT2D eigenvalue weighted by atomic mass is 35.5. The van der Waals surface area contributed by atoms with Crippen molar-refractivity contribution in [1.82, 2.24) is 4.90 Å². The van der Waals surface area contributed by atoms with Crippen LogP contribution in [-0.2, 0) is 9.59 Å². The van der Waals surface area contributed by atoms with Crippen LogP contribution in [0.4, 0.5) is 11.4 Å². The van der Waals surface area contributed by atoms with Gasteiger partial charge >= 0.3 is 0 Å². The SMILES string of the molecule is Cc1ccc(OCC(=O)Nc2ccc(N3CCN(C(=O)CC(C)C)CC3)c(Cl)c2)cc1C. The van der Waals surface area contributed by atoms with Crippen molar-refractivity contribution in [2.45, 2.75) is 34.1 Å². The maximum absolute atomic E-state index is 12.3. The number of aryl methyl sites for hydroxylation is 2. The first-order valence-corrected chi connectivity index (χ1v) is 11.4. The second kappa shape index (κ2) is 10.7. The fraction of sp³-hybridized carbons (Fsp3) is 0.440. The number of rotatable bonds is 7. The molecule has 0 unspecified atom stereocenters. The van der Waals surface area contributed by atoms with E-state index in [0.29, 0.717) is 41.9 Å². The summed E-state index contributed by atoms with van der Waals surface area (Å²) >= 11 is 6.51. The molecule has 0 radical (unpaired) electrons. The number of ether oxygens (including phenoxy) is 1. The van der Waals surface area contributed by atoms with Crippen LogP contribution < -0.4 is 15.0 Å². The molecule has 3 rings (SSSR count). The Morgan fingerprint density at radius 1 is 1.03 bits per heavy atom. The molecule has 0 aliphatic carbocycles. The van der Waals surface area contributed by atoms with E-state index >= 15 is 0 Å². The number of carbonyl (C=O) groups is 2. The summed E-state index contributed by atoms with van der Waals surface area (Å²) in [6.45, 7) is 10.9. The topological polar surface area (TPSA) is 61.9 Å². The number of hydrogen-bond donors (Lipinski definition) is 1. The van der Waals surface area contributed by atoms with Gasteiger partial charge in [0, 0.05) is 38.3 Å². The normalized spacial score (nSPS) is 13.9. The second-order valence-corrected chi connectivity index (χ2v) is 9.12. The lowest BCUT2D eigenvalue weighted by molar-refractivity contribution is -0.132. The van der Waals surface area contributed by atoms with Gasteiger partial charge in [0.1, 0.15) is 5.75 Å². The fourth-order valence-electron chi connectivity index (χ4n) is 3.67. The Kier molecular flexibility index (Phi) is 8.02. The fourth-order valence-corrected chi connectivity index (χ4v) is 3.97. The van der Waals surface area contributed by atoms with Crippen LogP contribution in [0.2, 0.25) is 5.02 Å². The third-order valence-electron chi connectivity index (χ3n) is 5.64. The quantitative estimate of drug-likeness (QED) is 0.656. The molecule has 2 aromatic rings. The first kappa shape index (κ1) is 23.9. The van der Waals surface area contributed by atoms with Crippen molar-refractivity contribution in [2.75, 3.05) is 43.0 Å². The Hall–Kier alpha value is -2.73. The number of halogens is 1. The number of anilines is 2. The average Bonchev–Trinajstić information content (AvgIpc) is 2.74. The summed E-state index contributed by atoms with van der Waals surface area (Å²) in [4.78, 5) is 28.7. The second-order valence-electron chi connectivity index (χ2n) is 8.71. The molecule has 0 aromatic heterocycles. The number of nitrogens with one attached hydrogen (secondary N) is 1. The lowest BCUT2D eigenvalue weighted by Gasteiger charge is -2.36. The summed E-state index contributed by atoms with van der Waals surface area (Å²) in [5, 5.41) is 3.40. The summed E-state index contributed by atoms with van der Waals surface area (Å²) in [7, 11) is 0. The molecule has 1 heterocycles. The van der Waals surface area contributed by atoms with E-state index in [4.69, 9.17) is 16.3 Å². The molecule has 0 saturated carbocycles. The third-order valence-corrected chi connectivity index (χ3v) is 5.94. The largest absolute Gasteiger partial charge is 0.484 e. The summed E-state index contributed by atoms with van der Waals surface area (Å²) in [5.74, 6) is 1.00. The molecule has 1 aliphatic heterocycles. The van der Waals surface area contributed by atoms with Crippen LogP contribution in [-0.4, -0.2) is 49.5 Å². The van der Waals surface area contributed by atoms with E-state index < -0.39 is 0 Å². The van der Waals surface area contributed by atoms with Gasteiger partial charge in [-0.2, -0.15) is 0 Å². The number of amides is 2. The number of piperazine rings is 1. The monoisotopic (exact) mass is 457 g/mol. The molecular formula is C25H32ClN3O3. The summed E-state index contributed by atoms with van der Waals surface area (Å²) in [6.07, 6.45) is 0.586. The first-order chi connectivity index (χ1) is 15.2. The Balaban J connectivity index is 1.52. The molecule has 1 fully saturated rings. The smallest absolute Gasteiger partial charge is 0.262 e.